The number of benzene rings is 2. The van der Waals surface area contributed by atoms with Gasteiger partial charge in [-0.15, -0.1) is 0 Å². The van der Waals surface area contributed by atoms with E-state index in [1.807, 2.05) is 49.4 Å². The van der Waals surface area contributed by atoms with Crippen LogP contribution in [0.15, 0.2) is 48.5 Å². The Morgan fingerprint density at radius 2 is 1.87 bits per heavy atom. The molecule has 0 bridgehead atoms. The number of carbonyl (C=O) groups excluding carboxylic acids is 2. The van der Waals surface area contributed by atoms with Crippen LogP contribution in [-0.2, 0) is 9.59 Å². The molecule has 0 saturated carbocycles. The summed E-state index contributed by atoms with van der Waals surface area (Å²) < 4.78 is 5.33. The molecule has 6 nitrogen and oxygen atoms in total. The van der Waals surface area contributed by atoms with E-state index in [2.05, 4.69) is 16.3 Å². The number of rotatable bonds is 5. The summed E-state index contributed by atoms with van der Waals surface area (Å²) in [5.74, 6) is -0.0196. The van der Waals surface area contributed by atoms with Crippen LogP contribution in [0.2, 0.25) is 0 Å². The minimum atomic E-state index is -0.599. The van der Waals surface area contributed by atoms with Crippen molar-refractivity contribution in [3.05, 3.63) is 54.1 Å². The highest BCUT2D eigenvalue weighted by atomic mass is 16.5. The first-order chi connectivity index (χ1) is 14.5. The summed E-state index contributed by atoms with van der Waals surface area (Å²) in [4.78, 5) is 29.8. The van der Waals surface area contributed by atoms with Crippen LogP contribution in [0.25, 0.3) is 0 Å². The summed E-state index contributed by atoms with van der Waals surface area (Å²) in [6.45, 7) is 4.29. The van der Waals surface area contributed by atoms with Gasteiger partial charge in [0.25, 0.3) is 0 Å². The van der Waals surface area contributed by atoms with Gasteiger partial charge in [0, 0.05) is 43.1 Å². The van der Waals surface area contributed by atoms with E-state index in [-0.39, 0.29) is 17.9 Å². The van der Waals surface area contributed by atoms with E-state index in [4.69, 9.17) is 4.74 Å². The van der Waals surface area contributed by atoms with Crippen molar-refractivity contribution in [2.75, 3.05) is 36.5 Å². The number of amides is 2. The van der Waals surface area contributed by atoms with E-state index in [1.165, 1.54) is 0 Å². The molecule has 2 fully saturated rings. The van der Waals surface area contributed by atoms with Gasteiger partial charge in [-0.2, -0.15) is 0 Å². The average molecular weight is 408 g/mol. The summed E-state index contributed by atoms with van der Waals surface area (Å²) in [5, 5.41) is 3.14. The van der Waals surface area contributed by atoms with Crippen molar-refractivity contribution < 1.29 is 14.3 Å². The Labute approximate surface area is 177 Å². The van der Waals surface area contributed by atoms with Gasteiger partial charge in [0.05, 0.1) is 7.11 Å². The third-order valence-electron chi connectivity index (χ3n) is 6.05. The van der Waals surface area contributed by atoms with Crippen molar-refractivity contribution in [2.24, 2.45) is 5.92 Å². The summed E-state index contributed by atoms with van der Waals surface area (Å²) in [6.07, 6.45) is 2.48. The molecule has 2 aliphatic rings. The average Bonchev–Trinajstić information content (AvgIpc) is 3.16. The van der Waals surface area contributed by atoms with Gasteiger partial charge in [-0.25, -0.2) is 0 Å². The lowest BCUT2D eigenvalue weighted by atomic mass is 10.0. The summed E-state index contributed by atoms with van der Waals surface area (Å²) in [6, 6.07) is 15.9. The van der Waals surface area contributed by atoms with Gasteiger partial charge in [0.15, 0.2) is 0 Å². The van der Waals surface area contributed by atoms with E-state index in [1.54, 1.807) is 12.0 Å². The van der Waals surface area contributed by atoms with Crippen LogP contribution in [-0.4, -0.2) is 44.6 Å². The number of ether oxygens (including phenoxy) is 1. The Morgan fingerprint density at radius 1 is 1.07 bits per heavy atom. The standard InChI is InChI=1S/C24H29N3O3/c1-17-8-10-19(11-9-17)27-14-12-22(24(27)29)23(28)25-18-5-4-13-26(16-18)20-6-3-7-21(15-20)30-2/h3,6-11,15,18,22H,4-5,12-14,16H2,1-2H3,(H,25,28). The SMILES string of the molecule is COc1cccc(N2CCCC(NC(=O)C3CCN(c4ccc(C)cc4)C3=O)C2)c1. The maximum atomic E-state index is 12.9. The molecule has 6 heteroatoms. The van der Waals surface area contributed by atoms with E-state index >= 15 is 0 Å². The number of piperidine rings is 1. The van der Waals surface area contributed by atoms with Crippen LogP contribution >= 0.6 is 0 Å². The quantitative estimate of drug-likeness (QED) is 0.774. The monoisotopic (exact) mass is 407 g/mol. The first-order valence-corrected chi connectivity index (χ1v) is 10.6. The van der Waals surface area contributed by atoms with Crippen molar-refractivity contribution in [1.29, 1.82) is 0 Å². The molecule has 1 N–H and O–H groups in total. The number of anilines is 2. The summed E-state index contributed by atoms with van der Waals surface area (Å²) in [7, 11) is 1.66. The third-order valence-corrected chi connectivity index (χ3v) is 6.05. The van der Waals surface area contributed by atoms with Gasteiger partial charge in [-0.1, -0.05) is 23.8 Å². The van der Waals surface area contributed by atoms with Gasteiger partial charge >= 0.3 is 0 Å². The minimum absolute atomic E-state index is 0.0404. The van der Waals surface area contributed by atoms with Crippen LogP contribution in [0.5, 0.6) is 5.75 Å². The van der Waals surface area contributed by atoms with E-state index in [0.717, 1.165) is 48.6 Å². The van der Waals surface area contributed by atoms with Crippen molar-refractivity contribution in [2.45, 2.75) is 32.2 Å². The number of hydrogen-bond donors (Lipinski definition) is 1. The van der Waals surface area contributed by atoms with Crippen LogP contribution in [0.4, 0.5) is 11.4 Å². The molecule has 2 amide bonds. The number of methoxy groups -OCH3 is 1. The Morgan fingerprint density at radius 3 is 2.63 bits per heavy atom. The topological polar surface area (TPSA) is 61.9 Å². The Bertz CT molecular complexity index is 912. The zero-order chi connectivity index (χ0) is 21.1. The fraction of sp³-hybridized carbons (Fsp3) is 0.417. The molecule has 0 aliphatic carbocycles. The molecular formula is C24H29N3O3. The first-order valence-electron chi connectivity index (χ1n) is 10.6. The van der Waals surface area contributed by atoms with Crippen molar-refractivity contribution >= 4 is 23.2 Å². The molecule has 0 aromatic heterocycles. The molecule has 4 rings (SSSR count). The van der Waals surface area contributed by atoms with Crippen LogP contribution in [0, 0.1) is 12.8 Å². The van der Waals surface area contributed by atoms with Crippen molar-refractivity contribution in [1.82, 2.24) is 5.32 Å². The lowest BCUT2D eigenvalue weighted by Crippen LogP contribution is -2.50. The van der Waals surface area contributed by atoms with Gasteiger partial charge in [-0.3, -0.25) is 9.59 Å². The molecule has 2 aromatic rings. The number of carbonyl (C=O) groups is 2. The molecule has 2 saturated heterocycles. The zero-order valence-corrected chi connectivity index (χ0v) is 17.6. The normalized spacial score (nSPS) is 21.6. The number of nitrogens with zero attached hydrogens (tertiary/aromatic N) is 2. The molecule has 2 aromatic carbocycles. The Kier molecular flexibility index (Phi) is 5.93. The zero-order valence-electron chi connectivity index (χ0n) is 17.6. The summed E-state index contributed by atoms with van der Waals surface area (Å²) >= 11 is 0. The van der Waals surface area contributed by atoms with Crippen LogP contribution in [0.3, 0.4) is 0 Å². The highest BCUT2D eigenvalue weighted by Gasteiger charge is 2.38. The molecule has 2 unspecified atom stereocenters. The van der Waals surface area contributed by atoms with Gasteiger partial charge in [0.1, 0.15) is 11.7 Å². The first kappa shape index (κ1) is 20.3. The Hall–Kier alpha value is -3.02. The second-order valence-electron chi connectivity index (χ2n) is 8.16. The molecule has 158 valence electrons. The fourth-order valence-electron chi connectivity index (χ4n) is 4.34. The maximum Gasteiger partial charge on any atom is 0.239 e. The highest BCUT2D eigenvalue weighted by Crippen LogP contribution is 2.27. The minimum Gasteiger partial charge on any atom is -0.497 e. The second-order valence-corrected chi connectivity index (χ2v) is 8.16. The lowest BCUT2D eigenvalue weighted by molar-refractivity contribution is -0.132. The second kappa shape index (κ2) is 8.78. The third kappa shape index (κ3) is 4.27. The lowest BCUT2D eigenvalue weighted by Gasteiger charge is -2.35. The van der Waals surface area contributed by atoms with Crippen LogP contribution in [0.1, 0.15) is 24.8 Å². The molecule has 2 aliphatic heterocycles. The smallest absolute Gasteiger partial charge is 0.239 e. The Balaban J connectivity index is 1.37. The van der Waals surface area contributed by atoms with Crippen molar-refractivity contribution in [3.8, 4) is 5.75 Å². The fourth-order valence-corrected chi connectivity index (χ4v) is 4.34. The number of aryl methyl sites for hydroxylation is 1. The number of nitrogens with one attached hydrogen (secondary N) is 1. The van der Waals surface area contributed by atoms with Gasteiger partial charge < -0.3 is 19.9 Å². The van der Waals surface area contributed by atoms with Gasteiger partial charge in [0.2, 0.25) is 11.8 Å². The molecule has 30 heavy (non-hydrogen) atoms. The molecular weight excluding hydrogens is 378 g/mol. The molecule has 2 heterocycles. The summed E-state index contributed by atoms with van der Waals surface area (Å²) in [5.41, 5.74) is 3.11. The highest BCUT2D eigenvalue weighted by molar-refractivity contribution is 6.09. The van der Waals surface area contributed by atoms with E-state index < -0.39 is 5.92 Å². The van der Waals surface area contributed by atoms with E-state index in [9.17, 15) is 9.59 Å². The van der Waals surface area contributed by atoms with Crippen LogP contribution < -0.4 is 19.9 Å². The van der Waals surface area contributed by atoms with E-state index in [0.29, 0.717) is 13.0 Å². The molecule has 0 radical (unpaired) electrons. The van der Waals surface area contributed by atoms with Crippen molar-refractivity contribution in [3.63, 3.8) is 0 Å². The molecule has 2 atom stereocenters. The maximum absolute atomic E-state index is 12.9. The molecule has 0 spiro atoms. The largest absolute Gasteiger partial charge is 0.497 e. The number of hydrogen-bond acceptors (Lipinski definition) is 4. The predicted octanol–water partition coefficient (Wildman–Crippen LogP) is 3.14. The predicted molar refractivity (Wildman–Crippen MR) is 118 cm³/mol. The van der Waals surface area contributed by atoms with Gasteiger partial charge in [-0.05, 0) is 50.5 Å².